The minimum absolute atomic E-state index is 0.0134. The van der Waals surface area contributed by atoms with Crippen LogP contribution in [0.4, 0.5) is 44.2 Å². The molecule has 13 heteroatoms. The number of amides is 2. The largest absolute Gasteiger partial charge is 0.443 e. The van der Waals surface area contributed by atoms with Crippen LogP contribution in [0, 0.1) is 15.9 Å². The van der Waals surface area contributed by atoms with Crippen LogP contribution in [0.5, 0.6) is 0 Å². The molecule has 0 saturated carbocycles. The highest BCUT2D eigenvalue weighted by Crippen LogP contribution is 2.40. The number of alkyl halides is 3. The Morgan fingerprint density at radius 1 is 0.949 bits per heavy atom. The van der Waals surface area contributed by atoms with Crippen LogP contribution in [0.2, 0.25) is 0 Å². The van der Waals surface area contributed by atoms with E-state index in [1.54, 1.807) is 0 Å². The van der Waals surface area contributed by atoms with E-state index in [0.29, 0.717) is 11.1 Å². The van der Waals surface area contributed by atoms with Gasteiger partial charge in [0.05, 0.1) is 16.2 Å². The van der Waals surface area contributed by atoms with Gasteiger partial charge in [-0.2, -0.15) is 18.1 Å². The topological polar surface area (TPSA) is 102 Å². The number of imide groups is 1. The first-order valence-corrected chi connectivity index (χ1v) is 12.0. The number of nitro groups is 1. The zero-order chi connectivity index (χ0) is 29.5. The lowest BCUT2D eigenvalue weighted by molar-refractivity contribution is -0.384. The molecule has 0 atom stereocenters. The highest BCUT2D eigenvalue weighted by molar-refractivity contribution is 6.11. The Morgan fingerprint density at radius 3 is 2.00 bits per heavy atom. The summed E-state index contributed by atoms with van der Waals surface area (Å²) < 4.78 is 66.0. The molecule has 39 heavy (non-hydrogen) atoms. The predicted molar refractivity (Wildman–Crippen MR) is 134 cm³/mol. The molecule has 0 bridgehead atoms. The van der Waals surface area contributed by atoms with E-state index < -0.39 is 57.2 Å². The number of rotatable bonds is 3. The van der Waals surface area contributed by atoms with E-state index in [-0.39, 0.29) is 30.1 Å². The second kappa shape index (κ2) is 10.3. The number of hydrogen-bond acceptors (Lipinski definition) is 7. The van der Waals surface area contributed by atoms with E-state index in [9.17, 15) is 32.9 Å². The van der Waals surface area contributed by atoms with Crippen molar-refractivity contribution in [1.82, 2.24) is 0 Å². The second-order valence-electron chi connectivity index (χ2n) is 11.0. The van der Waals surface area contributed by atoms with Gasteiger partial charge in [0.15, 0.2) is 11.5 Å². The molecule has 0 unspecified atom stereocenters. The number of nitrogens with zero attached hydrogens (tertiary/aromatic N) is 3. The molecule has 0 N–H and O–H groups in total. The Balaban J connectivity index is 2.11. The van der Waals surface area contributed by atoms with Crippen molar-refractivity contribution >= 4 is 29.2 Å². The summed E-state index contributed by atoms with van der Waals surface area (Å²) in [6, 6.07) is 5.32. The second-order valence-corrected chi connectivity index (χ2v) is 11.0. The van der Waals surface area contributed by atoms with Crippen molar-refractivity contribution in [2.45, 2.75) is 71.9 Å². The third-order valence-electron chi connectivity index (χ3n) is 5.53. The third-order valence-corrected chi connectivity index (χ3v) is 5.53. The monoisotopic (exact) mass is 555 g/mol. The van der Waals surface area contributed by atoms with Gasteiger partial charge in [-0.25, -0.2) is 14.0 Å². The van der Waals surface area contributed by atoms with Crippen LogP contribution >= 0.6 is 0 Å². The van der Waals surface area contributed by atoms with Crippen LogP contribution in [0.25, 0.3) is 0 Å². The SMILES string of the molecule is CC(C)(C)OC(=O)N(C(=O)OC(C)(C)C)c1c([N+](=O)[O-])ccc(N2CCc3cc(C(F)(F)F)ccc3C2)c1F. The summed E-state index contributed by atoms with van der Waals surface area (Å²) in [6.07, 6.45) is -7.16. The van der Waals surface area contributed by atoms with Crippen molar-refractivity contribution in [2.24, 2.45) is 0 Å². The van der Waals surface area contributed by atoms with Crippen molar-refractivity contribution < 1.29 is 41.5 Å². The standard InChI is InChI=1S/C26H29F4N3O6/c1-24(2,3)38-22(34)32(23(35)39-25(4,5)6)21-19(33(36)37)10-9-18(20(21)27)31-12-11-15-13-17(26(28,29)30)8-7-16(15)14-31/h7-10,13H,11-12,14H2,1-6H3. The van der Waals surface area contributed by atoms with E-state index >= 15 is 4.39 Å². The molecule has 0 spiro atoms. The summed E-state index contributed by atoms with van der Waals surface area (Å²) in [6.45, 7) is 9.03. The van der Waals surface area contributed by atoms with Crippen molar-refractivity contribution in [3.05, 3.63) is 63.0 Å². The zero-order valence-corrected chi connectivity index (χ0v) is 22.3. The molecule has 1 aliphatic heterocycles. The number of hydrogen-bond donors (Lipinski definition) is 0. The molecule has 0 radical (unpaired) electrons. The van der Waals surface area contributed by atoms with Crippen LogP contribution in [0.3, 0.4) is 0 Å². The van der Waals surface area contributed by atoms with Crippen LogP contribution in [0.1, 0.15) is 58.2 Å². The lowest BCUT2D eigenvalue weighted by Crippen LogP contribution is -2.44. The molecule has 0 saturated heterocycles. The van der Waals surface area contributed by atoms with Gasteiger partial charge < -0.3 is 14.4 Å². The number of nitro benzene ring substituents is 1. The highest BCUT2D eigenvalue weighted by atomic mass is 19.4. The average molecular weight is 556 g/mol. The normalized spacial score (nSPS) is 13.9. The predicted octanol–water partition coefficient (Wildman–Crippen LogP) is 6.99. The number of carbonyl (C=O) groups is 2. The van der Waals surface area contributed by atoms with Gasteiger partial charge in [-0.3, -0.25) is 10.1 Å². The Hall–Kier alpha value is -3.90. The van der Waals surface area contributed by atoms with Gasteiger partial charge in [-0.15, -0.1) is 0 Å². The van der Waals surface area contributed by atoms with Gasteiger partial charge in [0.1, 0.15) is 11.2 Å². The minimum atomic E-state index is -4.52. The summed E-state index contributed by atoms with van der Waals surface area (Å²) in [7, 11) is 0. The lowest BCUT2D eigenvalue weighted by atomic mass is 9.96. The Bertz CT molecular complexity index is 1270. The van der Waals surface area contributed by atoms with Crippen LogP contribution < -0.4 is 9.80 Å². The fourth-order valence-corrected chi connectivity index (χ4v) is 3.96. The average Bonchev–Trinajstić information content (AvgIpc) is 2.76. The van der Waals surface area contributed by atoms with Crippen molar-refractivity contribution in [3.8, 4) is 0 Å². The van der Waals surface area contributed by atoms with Crippen LogP contribution in [-0.2, 0) is 28.6 Å². The fraction of sp³-hybridized carbons (Fsp3) is 0.462. The molecule has 1 aliphatic rings. The fourth-order valence-electron chi connectivity index (χ4n) is 3.96. The minimum Gasteiger partial charge on any atom is -0.443 e. The quantitative estimate of drug-likeness (QED) is 0.228. The first kappa shape index (κ1) is 29.7. The summed E-state index contributed by atoms with van der Waals surface area (Å²) in [5.41, 5.74) is -4.21. The summed E-state index contributed by atoms with van der Waals surface area (Å²) in [4.78, 5) is 38.7. The van der Waals surface area contributed by atoms with Gasteiger partial charge in [-0.05, 0) is 77.3 Å². The Labute approximate surface area is 222 Å². The molecule has 212 valence electrons. The molecule has 3 rings (SSSR count). The number of halogens is 4. The van der Waals surface area contributed by atoms with E-state index in [1.165, 1.54) is 52.5 Å². The number of anilines is 2. The summed E-state index contributed by atoms with van der Waals surface area (Å²) in [5.74, 6) is -1.27. The van der Waals surface area contributed by atoms with Gasteiger partial charge >= 0.3 is 18.4 Å². The maximum Gasteiger partial charge on any atom is 0.424 e. The smallest absolute Gasteiger partial charge is 0.424 e. The molecule has 0 aliphatic carbocycles. The van der Waals surface area contributed by atoms with Gasteiger partial charge in [0, 0.05) is 19.2 Å². The van der Waals surface area contributed by atoms with Crippen LogP contribution in [-0.4, -0.2) is 34.9 Å². The van der Waals surface area contributed by atoms with Gasteiger partial charge in [-0.1, -0.05) is 6.07 Å². The van der Waals surface area contributed by atoms with Crippen molar-refractivity contribution in [1.29, 1.82) is 0 Å². The molecule has 1 heterocycles. The maximum absolute atomic E-state index is 16.2. The molecule has 0 aromatic heterocycles. The molecular weight excluding hydrogens is 526 g/mol. The van der Waals surface area contributed by atoms with E-state index in [0.717, 1.165) is 24.3 Å². The number of ether oxygens (including phenoxy) is 2. The van der Waals surface area contributed by atoms with E-state index in [1.807, 2.05) is 0 Å². The maximum atomic E-state index is 16.2. The molecule has 9 nitrogen and oxygen atoms in total. The zero-order valence-electron chi connectivity index (χ0n) is 22.3. The highest BCUT2D eigenvalue weighted by Gasteiger charge is 2.40. The molecule has 0 fully saturated rings. The number of benzene rings is 2. The Kier molecular flexibility index (Phi) is 7.86. The van der Waals surface area contributed by atoms with E-state index in [2.05, 4.69) is 0 Å². The van der Waals surface area contributed by atoms with Gasteiger partial charge in [0.2, 0.25) is 0 Å². The summed E-state index contributed by atoms with van der Waals surface area (Å²) in [5, 5.41) is 11.9. The summed E-state index contributed by atoms with van der Waals surface area (Å²) >= 11 is 0. The van der Waals surface area contributed by atoms with Crippen LogP contribution in [0.15, 0.2) is 30.3 Å². The first-order chi connectivity index (χ1) is 17.8. The molecule has 2 amide bonds. The third kappa shape index (κ3) is 6.95. The first-order valence-electron chi connectivity index (χ1n) is 12.0. The van der Waals surface area contributed by atoms with Crippen molar-refractivity contribution in [3.63, 3.8) is 0 Å². The molecular formula is C26H29F4N3O6. The van der Waals surface area contributed by atoms with Gasteiger partial charge in [0.25, 0.3) is 5.69 Å². The lowest BCUT2D eigenvalue weighted by Gasteiger charge is -2.33. The Morgan fingerprint density at radius 2 is 1.51 bits per heavy atom. The molecule has 2 aromatic carbocycles. The van der Waals surface area contributed by atoms with Crippen molar-refractivity contribution in [2.75, 3.05) is 16.3 Å². The number of fused-ring (bicyclic) bond motifs is 1. The van der Waals surface area contributed by atoms with E-state index in [4.69, 9.17) is 9.47 Å². The number of carbonyl (C=O) groups excluding carboxylic acids is 2. The molecule has 2 aromatic rings.